The van der Waals surface area contributed by atoms with Crippen LogP contribution in [0.2, 0.25) is 0 Å². The molecule has 18 heteroatoms. The molecule has 1 aromatic carbocycles. The maximum Gasteiger partial charge on any atom is 0.276 e. The molecule has 0 unspecified atom stereocenters. The van der Waals surface area contributed by atoms with Crippen molar-refractivity contribution in [2.75, 3.05) is 10.6 Å². The molecule has 0 radical (unpaired) electrons. The van der Waals surface area contributed by atoms with Crippen molar-refractivity contribution in [1.29, 1.82) is 0 Å². The maximum absolute atomic E-state index is 13.2. The molecule has 8 aromatic rings. The number of hydrogen-bond acceptors (Lipinski definition) is 13. The van der Waals surface area contributed by atoms with Crippen LogP contribution in [0.4, 0.5) is 23.3 Å². The van der Waals surface area contributed by atoms with Crippen LogP contribution in [0.15, 0.2) is 90.8 Å². The van der Waals surface area contributed by atoms with Gasteiger partial charge in [-0.2, -0.15) is 9.67 Å². The van der Waals surface area contributed by atoms with Crippen LogP contribution >= 0.6 is 11.3 Å². The monoisotopic (exact) mass is 816 g/mol. The third kappa shape index (κ3) is 8.03. The number of aryl methyl sites for hydroxylation is 4. The average Bonchev–Trinajstić information content (AvgIpc) is 4.07. The Bertz CT molecular complexity index is 2860. The largest absolute Gasteiger partial charge is 0.346 e. The van der Waals surface area contributed by atoms with Gasteiger partial charge in [-0.3, -0.25) is 29.8 Å². The smallest absolute Gasteiger partial charge is 0.276 e. The summed E-state index contributed by atoms with van der Waals surface area (Å²) in [7, 11) is 0. The average molecular weight is 817 g/mol. The number of thiazole rings is 1. The van der Waals surface area contributed by atoms with Crippen LogP contribution in [-0.4, -0.2) is 67.0 Å². The quantitative estimate of drug-likeness (QED) is 0.0955. The molecular weight excluding hydrogens is 779 g/mol. The van der Waals surface area contributed by atoms with E-state index >= 15 is 0 Å². The van der Waals surface area contributed by atoms with Crippen molar-refractivity contribution in [2.45, 2.75) is 47.3 Å². The molecular formula is C42H38N15O2S+. The van der Waals surface area contributed by atoms with E-state index in [0.29, 0.717) is 71.4 Å². The molecule has 7 aromatic heterocycles. The predicted molar refractivity (Wildman–Crippen MR) is 224 cm³/mol. The van der Waals surface area contributed by atoms with Crippen LogP contribution in [-0.2, 0) is 19.6 Å². The molecule has 0 saturated heterocycles. The first-order valence-electron chi connectivity index (χ1n) is 19.0. The maximum atomic E-state index is 13.2. The highest BCUT2D eigenvalue weighted by molar-refractivity contribution is 7.09. The molecule has 9 rings (SSSR count). The molecule has 1 aliphatic rings. The molecule has 8 heterocycles. The second kappa shape index (κ2) is 15.9. The van der Waals surface area contributed by atoms with Gasteiger partial charge in [0, 0.05) is 71.9 Å². The molecule has 0 spiro atoms. The zero-order chi connectivity index (χ0) is 41.3. The number of hydrogen-bond donors (Lipinski definition) is 5. The number of aromatic amines is 2. The number of carbonyl (C=O) groups is 2. The number of pyridine rings is 2. The lowest BCUT2D eigenvalue weighted by molar-refractivity contribution is -0.590. The summed E-state index contributed by atoms with van der Waals surface area (Å²) in [6.07, 6.45) is 5.17. The van der Waals surface area contributed by atoms with Gasteiger partial charge in [-0.15, -0.1) is 5.10 Å². The van der Waals surface area contributed by atoms with E-state index in [1.54, 1.807) is 35.5 Å². The van der Waals surface area contributed by atoms with Crippen LogP contribution in [0.25, 0.3) is 28.5 Å². The van der Waals surface area contributed by atoms with E-state index in [1.165, 1.54) is 11.3 Å². The Kier molecular flexibility index (Phi) is 10.0. The SMILES string of the molecule is Cc1cc(Nc2cc(C)[nH]n2)nc(-c2ccc(C(=O)NCc3c[n+](-c4c(Nc5cc(C)nc(-c6ccc(C(=O)N7Cc8ccccc8C7)nc6)n5)n[nH]c4C)cs3)nc2)n1. The van der Waals surface area contributed by atoms with Crippen LogP contribution in [0, 0.1) is 27.7 Å². The highest BCUT2D eigenvalue weighted by atomic mass is 32.1. The van der Waals surface area contributed by atoms with Gasteiger partial charge in [0.2, 0.25) is 11.3 Å². The van der Waals surface area contributed by atoms with Gasteiger partial charge in [0.25, 0.3) is 17.5 Å². The fraction of sp³-hybridized carbons (Fsp3) is 0.167. The Labute approximate surface area is 347 Å². The number of nitrogens with one attached hydrogen (secondary N) is 5. The van der Waals surface area contributed by atoms with Gasteiger partial charge in [0.1, 0.15) is 28.7 Å². The van der Waals surface area contributed by atoms with Gasteiger partial charge in [0.05, 0.1) is 11.4 Å². The van der Waals surface area contributed by atoms with Gasteiger partial charge < -0.3 is 20.9 Å². The molecule has 0 bridgehead atoms. The lowest BCUT2D eigenvalue weighted by Crippen LogP contribution is -2.29. The van der Waals surface area contributed by atoms with Crippen LogP contribution < -0.4 is 20.5 Å². The van der Waals surface area contributed by atoms with Gasteiger partial charge in [-0.05, 0) is 63.1 Å². The third-order valence-corrected chi connectivity index (χ3v) is 10.6. The fourth-order valence-electron chi connectivity index (χ4n) is 6.84. The number of aromatic nitrogens is 11. The zero-order valence-corrected chi connectivity index (χ0v) is 33.8. The first-order chi connectivity index (χ1) is 29.1. The summed E-state index contributed by atoms with van der Waals surface area (Å²) in [4.78, 5) is 56.6. The Hall–Kier alpha value is -7.73. The van der Waals surface area contributed by atoms with Crippen molar-refractivity contribution in [2.24, 2.45) is 0 Å². The van der Waals surface area contributed by atoms with E-state index < -0.39 is 0 Å². The second-order valence-electron chi connectivity index (χ2n) is 14.4. The predicted octanol–water partition coefficient (Wildman–Crippen LogP) is 5.98. The fourth-order valence-corrected chi connectivity index (χ4v) is 7.58. The highest BCUT2D eigenvalue weighted by Gasteiger charge is 2.26. The second-order valence-corrected chi connectivity index (χ2v) is 15.3. The summed E-state index contributed by atoms with van der Waals surface area (Å²) < 4.78 is 1.95. The summed E-state index contributed by atoms with van der Waals surface area (Å²) in [6, 6.07) is 20.6. The molecule has 0 fully saturated rings. The number of nitrogens with zero attached hydrogens (tertiary/aromatic N) is 10. The minimum Gasteiger partial charge on any atom is -0.346 e. The van der Waals surface area contributed by atoms with Crippen molar-refractivity contribution in [1.82, 2.24) is 60.5 Å². The number of anilines is 4. The van der Waals surface area contributed by atoms with E-state index in [0.717, 1.165) is 44.5 Å². The van der Waals surface area contributed by atoms with E-state index in [4.69, 9.17) is 4.98 Å². The van der Waals surface area contributed by atoms with Crippen molar-refractivity contribution < 1.29 is 14.2 Å². The standard InChI is InChI=1S/C42H37N15O2S/c1-23-13-34(48-36-15-25(3)52-54-36)49-38(46-23)27-9-11-32(43-16-27)41(58)45-18-31-21-57(22-60-31)37-26(4)53-55-40(37)51-35-14-24(2)47-39(50-35)28-10-12-33(44-17-28)42(59)56-19-29-7-5-6-8-30(29)20-56/h5-17,21-22H,18-20H2,1-4H3,(H4-,43,44,45,46,47,48,49,50,51,52,53,54,55,58,59)/p+1. The number of carbonyl (C=O) groups excluding carboxylic acids is 2. The lowest BCUT2D eigenvalue weighted by atomic mass is 10.1. The summed E-state index contributed by atoms with van der Waals surface area (Å²) in [6.45, 7) is 9.05. The molecule has 0 saturated carbocycles. The molecule has 17 nitrogen and oxygen atoms in total. The molecule has 60 heavy (non-hydrogen) atoms. The van der Waals surface area contributed by atoms with Crippen LogP contribution in [0.3, 0.4) is 0 Å². The lowest BCUT2D eigenvalue weighted by Gasteiger charge is -2.15. The highest BCUT2D eigenvalue weighted by Crippen LogP contribution is 2.27. The van der Waals surface area contributed by atoms with Gasteiger partial charge in [-0.1, -0.05) is 35.6 Å². The van der Waals surface area contributed by atoms with E-state index in [9.17, 15) is 9.59 Å². The number of amides is 2. The summed E-state index contributed by atoms with van der Waals surface area (Å²) >= 11 is 1.49. The van der Waals surface area contributed by atoms with E-state index in [1.807, 2.05) is 92.5 Å². The minimum absolute atomic E-state index is 0.120. The number of benzene rings is 1. The molecule has 2 amide bonds. The Morgan fingerprint density at radius 2 is 1.40 bits per heavy atom. The van der Waals surface area contributed by atoms with Gasteiger partial charge in [0.15, 0.2) is 23.7 Å². The molecule has 1 aliphatic heterocycles. The molecule has 0 atom stereocenters. The number of H-pyrrole nitrogens is 2. The van der Waals surface area contributed by atoms with Crippen LogP contribution in [0.5, 0.6) is 0 Å². The van der Waals surface area contributed by atoms with E-state index in [2.05, 4.69) is 61.3 Å². The topological polar surface area (TPSA) is 212 Å². The van der Waals surface area contributed by atoms with Crippen LogP contribution in [0.1, 0.15) is 59.8 Å². The number of fused-ring (bicyclic) bond motifs is 1. The first kappa shape index (κ1) is 37.8. The van der Waals surface area contributed by atoms with E-state index in [-0.39, 0.29) is 17.5 Å². The summed E-state index contributed by atoms with van der Waals surface area (Å²) in [5.41, 5.74) is 10.3. The van der Waals surface area contributed by atoms with Crippen molar-refractivity contribution in [3.05, 3.63) is 141 Å². The number of rotatable bonds is 11. The zero-order valence-electron chi connectivity index (χ0n) is 33.0. The Morgan fingerprint density at radius 1 is 0.750 bits per heavy atom. The first-order valence-corrected chi connectivity index (χ1v) is 19.9. The Morgan fingerprint density at radius 3 is 2.02 bits per heavy atom. The van der Waals surface area contributed by atoms with Crippen molar-refractivity contribution in [3.8, 4) is 28.5 Å². The normalized spacial score (nSPS) is 12.0. The molecule has 0 aliphatic carbocycles. The Balaban J connectivity index is 0.837. The summed E-state index contributed by atoms with van der Waals surface area (Å²) in [5.74, 6) is 2.85. The minimum atomic E-state index is -0.311. The van der Waals surface area contributed by atoms with Gasteiger partial charge >= 0.3 is 0 Å². The van der Waals surface area contributed by atoms with Crippen molar-refractivity contribution in [3.63, 3.8) is 0 Å². The summed E-state index contributed by atoms with van der Waals surface area (Å²) in [5, 5.41) is 24.2. The third-order valence-electron chi connectivity index (χ3n) is 9.74. The molecule has 5 N–H and O–H groups in total. The van der Waals surface area contributed by atoms with Crippen molar-refractivity contribution >= 4 is 46.4 Å². The van der Waals surface area contributed by atoms with Gasteiger partial charge in [-0.25, -0.2) is 19.9 Å². The molecule has 298 valence electrons.